The Kier molecular flexibility index (Phi) is 2.26. The van der Waals surface area contributed by atoms with Crippen molar-refractivity contribution in [3.63, 3.8) is 0 Å². The number of fused-ring (bicyclic) bond motifs is 1. The quantitative estimate of drug-likeness (QED) is 0.716. The number of anilines is 1. The first-order chi connectivity index (χ1) is 5.77. The minimum Gasteiger partial charge on any atom is -0.382 e. The molecule has 0 aromatic heterocycles. The predicted molar refractivity (Wildman–Crippen MR) is 60.6 cm³/mol. The number of hydrogen-bond acceptors (Lipinski definition) is 1. The van der Waals surface area contributed by atoms with Gasteiger partial charge < -0.3 is 5.32 Å². The zero-order valence-corrected chi connectivity index (χ0v) is 9.26. The van der Waals surface area contributed by atoms with Gasteiger partial charge in [0.1, 0.15) is 0 Å². The van der Waals surface area contributed by atoms with E-state index < -0.39 is 0 Å². The third kappa shape index (κ3) is 1.44. The van der Waals surface area contributed by atoms with Crippen LogP contribution in [0.1, 0.15) is 18.9 Å². The second-order valence-electron chi connectivity index (χ2n) is 3.35. The Hall–Kier alpha value is -0.250. The molecule has 1 aromatic carbocycles. The van der Waals surface area contributed by atoms with Gasteiger partial charge in [0.25, 0.3) is 0 Å². The van der Waals surface area contributed by atoms with Gasteiger partial charge >= 0.3 is 0 Å². The zero-order valence-electron chi connectivity index (χ0n) is 7.10. The molecule has 2 rings (SSSR count). The van der Waals surface area contributed by atoms with Crippen LogP contribution in [-0.4, -0.2) is 6.04 Å². The van der Waals surface area contributed by atoms with E-state index >= 15 is 0 Å². The summed E-state index contributed by atoms with van der Waals surface area (Å²) in [5, 5.41) is 3.50. The second-order valence-corrected chi connectivity index (χ2v) is 4.51. The van der Waals surface area contributed by atoms with Crippen LogP contribution in [0.25, 0.3) is 0 Å². The first kappa shape index (κ1) is 8.35. The van der Waals surface area contributed by atoms with E-state index in [4.69, 9.17) is 0 Å². The number of hydrogen-bond donors (Lipinski definition) is 1. The van der Waals surface area contributed by atoms with Crippen LogP contribution in [0.5, 0.6) is 0 Å². The van der Waals surface area contributed by atoms with Crippen LogP contribution in [-0.2, 0) is 6.42 Å². The lowest BCUT2D eigenvalue weighted by Gasteiger charge is -2.24. The first-order valence-corrected chi connectivity index (χ1v) is 5.39. The summed E-state index contributed by atoms with van der Waals surface area (Å²) in [6.07, 6.45) is 2.48. The van der Waals surface area contributed by atoms with Crippen molar-refractivity contribution in [3.05, 3.63) is 27.3 Å². The molecule has 1 aromatic rings. The number of rotatable bonds is 0. The average Bonchev–Trinajstić information content (AvgIpc) is 2.04. The lowest BCUT2D eigenvalue weighted by Crippen LogP contribution is -2.22. The summed E-state index contributed by atoms with van der Waals surface area (Å²) in [7, 11) is 0. The van der Waals surface area contributed by atoms with E-state index in [2.05, 4.69) is 53.0 Å². The number of nitrogens with one attached hydrogen (secondary N) is 1. The summed E-state index contributed by atoms with van der Waals surface area (Å²) < 4.78 is 1.39. The third-order valence-electron chi connectivity index (χ3n) is 2.35. The summed E-state index contributed by atoms with van der Waals surface area (Å²) >= 11 is 2.41. The van der Waals surface area contributed by atoms with E-state index in [1.54, 1.807) is 0 Å². The van der Waals surface area contributed by atoms with Gasteiger partial charge in [-0.15, -0.1) is 0 Å². The molecule has 0 amide bonds. The van der Waals surface area contributed by atoms with E-state index in [-0.39, 0.29) is 0 Å². The highest BCUT2D eigenvalue weighted by atomic mass is 127. The van der Waals surface area contributed by atoms with Gasteiger partial charge in [-0.25, -0.2) is 0 Å². The SMILES string of the molecule is C[C@@H]1CCc2c(I)cccc2N1. The topological polar surface area (TPSA) is 12.0 Å². The van der Waals surface area contributed by atoms with Crippen molar-refractivity contribution in [2.75, 3.05) is 5.32 Å². The van der Waals surface area contributed by atoms with Gasteiger partial charge in [0, 0.05) is 15.3 Å². The minimum absolute atomic E-state index is 0.635. The third-order valence-corrected chi connectivity index (χ3v) is 3.36. The Bertz CT molecular complexity index is 296. The largest absolute Gasteiger partial charge is 0.382 e. The van der Waals surface area contributed by atoms with Gasteiger partial charge in [-0.2, -0.15) is 0 Å². The van der Waals surface area contributed by atoms with E-state index in [1.807, 2.05) is 0 Å². The van der Waals surface area contributed by atoms with E-state index in [9.17, 15) is 0 Å². The van der Waals surface area contributed by atoms with Gasteiger partial charge in [0.05, 0.1) is 0 Å². The average molecular weight is 273 g/mol. The van der Waals surface area contributed by atoms with Crippen molar-refractivity contribution in [1.82, 2.24) is 0 Å². The molecular formula is C10H12IN. The Labute approximate surface area is 86.7 Å². The maximum atomic E-state index is 3.50. The predicted octanol–water partition coefficient (Wildman–Crippen LogP) is 3.04. The van der Waals surface area contributed by atoms with Gasteiger partial charge in [-0.1, -0.05) is 6.07 Å². The zero-order chi connectivity index (χ0) is 8.55. The van der Waals surface area contributed by atoms with Gasteiger partial charge in [-0.3, -0.25) is 0 Å². The Balaban J connectivity index is 2.42. The molecule has 1 N–H and O–H groups in total. The standard InChI is InChI=1S/C10H12IN/c1-7-5-6-8-9(11)3-2-4-10(8)12-7/h2-4,7,12H,5-6H2,1H3/t7-/m1/s1. The molecule has 1 nitrogen and oxygen atoms in total. The molecule has 0 bridgehead atoms. The Morgan fingerprint density at radius 1 is 1.50 bits per heavy atom. The second kappa shape index (κ2) is 3.24. The van der Waals surface area contributed by atoms with Crippen molar-refractivity contribution in [3.8, 4) is 0 Å². The van der Waals surface area contributed by atoms with Crippen molar-refractivity contribution < 1.29 is 0 Å². The molecule has 0 saturated carbocycles. The maximum absolute atomic E-state index is 3.50. The number of benzene rings is 1. The summed E-state index contributed by atoms with van der Waals surface area (Å²) in [6.45, 7) is 2.24. The van der Waals surface area contributed by atoms with Crippen LogP contribution in [0, 0.1) is 3.57 Å². The monoisotopic (exact) mass is 273 g/mol. The van der Waals surface area contributed by atoms with Crippen molar-refractivity contribution in [1.29, 1.82) is 0 Å². The smallest absolute Gasteiger partial charge is 0.0385 e. The van der Waals surface area contributed by atoms with E-state index in [0.29, 0.717) is 6.04 Å². The molecule has 0 unspecified atom stereocenters. The first-order valence-electron chi connectivity index (χ1n) is 4.31. The maximum Gasteiger partial charge on any atom is 0.0385 e. The molecule has 0 aliphatic carbocycles. The highest BCUT2D eigenvalue weighted by Gasteiger charge is 2.14. The molecule has 12 heavy (non-hydrogen) atoms. The normalized spacial score (nSPS) is 21.3. The molecule has 1 aliphatic heterocycles. The molecule has 1 atom stereocenters. The van der Waals surface area contributed by atoms with Crippen LogP contribution in [0.2, 0.25) is 0 Å². The van der Waals surface area contributed by atoms with Crippen LogP contribution >= 0.6 is 22.6 Å². The van der Waals surface area contributed by atoms with Crippen LogP contribution in [0.4, 0.5) is 5.69 Å². The Morgan fingerprint density at radius 2 is 2.33 bits per heavy atom. The van der Waals surface area contributed by atoms with Crippen molar-refractivity contribution >= 4 is 28.3 Å². The molecule has 2 heteroatoms. The van der Waals surface area contributed by atoms with Gasteiger partial charge in [-0.05, 0) is 60.1 Å². The number of halogens is 1. The van der Waals surface area contributed by atoms with E-state index in [1.165, 1.54) is 27.7 Å². The molecule has 64 valence electrons. The highest BCUT2D eigenvalue weighted by Crippen LogP contribution is 2.28. The molecule has 0 radical (unpaired) electrons. The summed E-state index contributed by atoms with van der Waals surface area (Å²) in [5.41, 5.74) is 2.83. The van der Waals surface area contributed by atoms with Gasteiger partial charge in [0.15, 0.2) is 0 Å². The lowest BCUT2D eigenvalue weighted by molar-refractivity contribution is 0.679. The van der Waals surface area contributed by atoms with E-state index in [0.717, 1.165) is 0 Å². The fourth-order valence-corrected chi connectivity index (χ4v) is 2.41. The fraction of sp³-hybridized carbons (Fsp3) is 0.400. The highest BCUT2D eigenvalue weighted by molar-refractivity contribution is 14.1. The lowest BCUT2D eigenvalue weighted by atomic mass is 9.99. The Morgan fingerprint density at radius 3 is 3.17 bits per heavy atom. The van der Waals surface area contributed by atoms with Crippen LogP contribution < -0.4 is 5.32 Å². The summed E-state index contributed by atoms with van der Waals surface area (Å²) in [4.78, 5) is 0. The molecule has 0 saturated heterocycles. The molecule has 1 aliphatic rings. The van der Waals surface area contributed by atoms with Crippen LogP contribution in [0.15, 0.2) is 18.2 Å². The summed E-state index contributed by atoms with van der Waals surface area (Å²) in [5.74, 6) is 0. The molecule has 0 fully saturated rings. The molecular weight excluding hydrogens is 261 g/mol. The summed E-state index contributed by atoms with van der Waals surface area (Å²) in [6, 6.07) is 7.10. The molecule has 1 heterocycles. The van der Waals surface area contributed by atoms with Crippen molar-refractivity contribution in [2.24, 2.45) is 0 Å². The van der Waals surface area contributed by atoms with Crippen molar-refractivity contribution in [2.45, 2.75) is 25.8 Å². The minimum atomic E-state index is 0.635. The van der Waals surface area contributed by atoms with Gasteiger partial charge in [0.2, 0.25) is 0 Å². The molecule has 0 spiro atoms. The van der Waals surface area contributed by atoms with Crippen LogP contribution in [0.3, 0.4) is 0 Å². The fourth-order valence-electron chi connectivity index (χ4n) is 1.65.